The SMILES string of the molecule is CCCCCCCCC(CCCCCCCC)OCCCCCCBr. The smallest absolute Gasteiger partial charge is 0.0575 e. The van der Waals surface area contributed by atoms with E-state index in [1.165, 1.54) is 116 Å². The van der Waals surface area contributed by atoms with Gasteiger partial charge in [-0.25, -0.2) is 0 Å². The van der Waals surface area contributed by atoms with Gasteiger partial charge in [0, 0.05) is 11.9 Å². The highest BCUT2D eigenvalue weighted by Crippen LogP contribution is 2.17. The van der Waals surface area contributed by atoms with Crippen molar-refractivity contribution in [3.8, 4) is 0 Å². The number of alkyl halides is 1. The minimum atomic E-state index is 0.536. The van der Waals surface area contributed by atoms with Gasteiger partial charge < -0.3 is 4.74 Å². The molecule has 0 heterocycles. The molecule has 0 amide bonds. The Kier molecular flexibility index (Phi) is 22.9. The van der Waals surface area contributed by atoms with Gasteiger partial charge in [0.15, 0.2) is 0 Å². The predicted octanol–water partition coefficient (Wildman–Crippen LogP) is 8.83. The number of rotatable bonds is 21. The number of hydrogen-bond donors (Lipinski definition) is 0. The molecule has 0 spiro atoms. The zero-order valence-electron chi connectivity index (χ0n) is 17.5. The van der Waals surface area contributed by atoms with Gasteiger partial charge in [0.05, 0.1) is 6.10 Å². The highest BCUT2D eigenvalue weighted by atomic mass is 79.9. The lowest BCUT2D eigenvalue weighted by atomic mass is 10.0. The van der Waals surface area contributed by atoms with Gasteiger partial charge in [-0.2, -0.15) is 0 Å². The Hall–Kier alpha value is 0.440. The van der Waals surface area contributed by atoms with Crippen molar-refractivity contribution in [2.24, 2.45) is 0 Å². The predicted molar refractivity (Wildman–Crippen MR) is 118 cm³/mol. The third kappa shape index (κ3) is 20.6. The Balaban J connectivity index is 3.76. The van der Waals surface area contributed by atoms with E-state index in [1.807, 2.05) is 0 Å². The van der Waals surface area contributed by atoms with Crippen LogP contribution in [0.1, 0.15) is 129 Å². The normalized spacial score (nSPS) is 11.5. The lowest BCUT2D eigenvalue weighted by molar-refractivity contribution is 0.0357. The second-order valence-electron chi connectivity index (χ2n) is 7.71. The van der Waals surface area contributed by atoms with Crippen molar-refractivity contribution in [2.45, 2.75) is 136 Å². The first kappa shape index (κ1) is 25.4. The molecule has 0 fully saturated rings. The highest BCUT2D eigenvalue weighted by molar-refractivity contribution is 9.09. The second-order valence-corrected chi connectivity index (χ2v) is 8.50. The van der Waals surface area contributed by atoms with Gasteiger partial charge in [0.2, 0.25) is 0 Å². The van der Waals surface area contributed by atoms with E-state index in [2.05, 4.69) is 29.8 Å². The molecule has 0 rings (SSSR count). The Morgan fingerprint density at radius 3 is 1.52 bits per heavy atom. The maximum atomic E-state index is 6.27. The van der Waals surface area contributed by atoms with Gasteiger partial charge in [-0.05, 0) is 25.7 Å². The van der Waals surface area contributed by atoms with Crippen LogP contribution in [0.5, 0.6) is 0 Å². The van der Waals surface area contributed by atoms with Crippen molar-refractivity contribution in [1.82, 2.24) is 0 Å². The van der Waals surface area contributed by atoms with Crippen LogP contribution in [0.2, 0.25) is 0 Å². The average molecular weight is 420 g/mol. The number of ether oxygens (including phenoxy) is 1. The van der Waals surface area contributed by atoms with Crippen LogP contribution in [0.25, 0.3) is 0 Å². The number of unbranched alkanes of at least 4 members (excludes halogenated alkanes) is 13. The molecule has 2 heteroatoms. The monoisotopic (exact) mass is 418 g/mol. The maximum Gasteiger partial charge on any atom is 0.0575 e. The van der Waals surface area contributed by atoms with E-state index in [9.17, 15) is 0 Å². The Bertz CT molecular complexity index is 194. The Labute approximate surface area is 168 Å². The number of halogens is 1. The lowest BCUT2D eigenvalue weighted by Gasteiger charge is -2.18. The molecule has 0 unspecified atom stereocenters. The van der Waals surface area contributed by atoms with Crippen LogP contribution in [0.4, 0.5) is 0 Å². The van der Waals surface area contributed by atoms with Crippen molar-refractivity contribution >= 4 is 15.9 Å². The second kappa shape index (κ2) is 22.5. The van der Waals surface area contributed by atoms with E-state index < -0.39 is 0 Å². The van der Waals surface area contributed by atoms with E-state index in [0.717, 1.165) is 11.9 Å². The topological polar surface area (TPSA) is 9.23 Å². The van der Waals surface area contributed by atoms with Crippen LogP contribution >= 0.6 is 15.9 Å². The molecule has 0 aromatic heterocycles. The summed E-state index contributed by atoms with van der Waals surface area (Å²) in [5, 5.41) is 1.15. The van der Waals surface area contributed by atoms with Crippen LogP contribution < -0.4 is 0 Å². The fourth-order valence-corrected chi connectivity index (χ4v) is 3.81. The Morgan fingerprint density at radius 1 is 0.560 bits per heavy atom. The third-order valence-corrected chi connectivity index (χ3v) is 5.70. The Morgan fingerprint density at radius 2 is 1.00 bits per heavy atom. The summed E-state index contributed by atoms with van der Waals surface area (Å²) in [6.07, 6.45) is 25.1. The lowest BCUT2D eigenvalue weighted by Crippen LogP contribution is -2.14. The molecule has 0 aliphatic heterocycles. The third-order valence-electron chi connectivity index (χ3n) is 5.14. The zero-order chi connectivity index (χ0) is 18.4. The van der Waals surface area contributed by atoms with E-state index in [1.54, 1.807) is 0 Å². The van der Waals surface area contributed by atoms with Crippen LogP contribution in [-0.4, -0.2) is 18.0 Å². The summed E-state index contributed by atoms with van der Waals surface area (Å²) in [5.41, 5.74) is 0. The van der Waals surface area contributed by atoms with E-state index in [-0.39, 0.29) is 0 Å². The molecule has 0 aliphatic carbocycles. The molecule has 0 saturated carbocycles. The van der Waals surface area contributed by atoms with Crippen molar-refractivity contribution in [3.63, 3.8) is 0 Å². The van der Waals surface area contributed by atoms with Crippen LogP contribution in [-0.2, 0) is 4.74 Å². The fraction of sp³-hybridized carbons (Fsp3) is 1.00. The molecule has 152 valence electrons. The fourth-order valence-electron chi connectivity index (χ4n) is 3.42. The minimum absolute atomic E-state index is 0.536. The van der Waals surface area contributed by atoms with E-state index in [4.69, 9.17) is 4.74 Å². The van der Waals surface area contributed by atoms with Crippen LogP contribution in [0.15, 0.2) is 0 Å². The first-order chi connectivity index (χ1) is 12.3. The van der Waals surface area contributed by atoms with Crippen LogP contribution in [0, 0.1) is 0 Å². The van der Waals surface area contributed by atoms with E-state index in [0.29, 0.717) is 6.10 Å². The standard InChI is InChI=1S/C23H47BrO/c1-3-5-7-9-11-15-19-23(20-16-12-10-8-6-4-2)25-22-18-14-13-17-21-24/h23H,3-22H2,1-2H3. The first-order valence-corrected chi connectivity index (χ1v) is 12.6. The minimum Gasteiger partial charge on any atom is -0.378 e. The summed E-state index contributed by atoms with van der Waals surface area (Å²) in [6.45, 7) is 5.57. The van der Waals surface area contributed by atoms with Gasteiger partial charge in [-0.3, -0.25) is 0 Å². The van der Waals surface area contributed by atoms with E-state index >= 15 is 0 Å². The summed E-state index contributed by atoms with van der Waals surface area (Å²) in [5.74, 6) is 0. The summed E-state index contributed by atoms with van der Waals surface area (Å²) < 4.78 is 6.27. The summed E-state index contributed by atoms with van der Waals surface area (Å²) in [7, 11) is 0. The molecule has 0 N–H and O–H groups in total. The van der Waals surface area contributed by atoms with Gasteiger partial charge in [-0.1, -0.05) is 120 Å². The first-order valence-electron chi connectivity index (χ1n) is 11.5. The quantitative estimate of drug-likeness (QED) is 0.133. The van der Waals surface area contributed by atoms with Gasteiger partial charge in [-0.15, -0.1) is 0 Å². The molecule has 0 radical (unpaired) electrons. The molecular formula is C23H47BrO. The summed E-state index contributed by atoms with van der Waals surface area (Å²) in [6, 6.07) is 0. The zero-order valence-corrected chi connectivity index (χ0v) is 19.1. The summed E-state index contributed by atoms with van der Waals surface area (Å²) in [4.78, 5) is 0. The van der Waals surface area contributed by atoms with Crippen LogP contribution in [0.3, 0.4) is 0 Å². The molecule has 25 heavy (non-hydrogen) atoms. The molecule has 0 atom stereocenters. The molecule has 0 aromatic rings. The molecule has 0 aromatic carbocycles. The molecule has 1 nitrogen and oxygen atoms in total. The van der Waals surface area contributed by atoms with Gasteiger partial charge in [0.25, 0.3) is 0 Å². The molecule has 0 aliphatic rings. The summed E-state index contributed by atoms with van der Waals surface area (Å²) >= 11 is 3.51. The van der Waals surface area contributed by atoms with Gasteiger partial charge >= 0.3 is 0 Å². The van der Waals surface area contributed by atoms with Gasteiger partial charge in [0.1, 0.15) is 0 Å². The molecular weight excluding hydrogens is 372 g/mol. The average Bonchev–Trinajstić information content (AvgIpc) is 2.63. The van der Waals surface area contributed by atoms with Crippen molar-refractivity contribution in [3.05, 3.63) is 0 Å². The van der Waals surface area contributed by atoms with Crippen molar-refractivity contribution in [2.75, 3.05) is 11.9 Å². The maximum absolute atomic E-state index is 6.27. The molecule has 0 bridgehead atoms. The van der Waals surface area contributed by atoms with Crippen molar-refractivity contribution in [1.29, 1.82) is 0 Å². The van der Waals surface area contributed by atoms with Crippen molar-refractivity contribution < 1.29 is 4.74 Å². The largest absolute Gasteiger partial charge is 0.378 e. The molecule has 0 saturated heterocycles. The highest BCUT2D eigenvalue weighted by Gasteiger charge is 2.09. The number of hydrogen-bond acceptors (Lipinski definition) is 1.